The summed E-state index contributed by atoms with van der Waals surface area (Å²) in [5.74, 6) is 0.982. The maximum Gasteiger partial charge on any atom is 0.151 e. The van der Waals surface area contributed by atoms with Crippen molar-refractivity contribution in [2.45, 2.75) is 13.0 Å². The molecular weight excluding hydrogens is 262 g/mol. The fourth-order valence-corrected chi connectivity index (χ4v) is 2.55. The summed E-state index contributed by atoms with van der Waals surface area (Å²) in [7, 11) is 2.05. The summed E-state index contributed by atoms with van der Waals surface area (Å²) in [6, 6.07) is 10.1. The summed E-state index contributed by atoms with van der Waals surface area (Å²) in [6.45, 7) is 1.38. The number of nitrogens with two attached hydrogens (primary N) is 1. The number of hydrogen-bond acceptors (Lipinski definition) is 4. The van der Waals surface area contributed by atoms with E-state index in [9.17, 15) is 0 Å². The smallest absolute Gasteiger partial charge is 0.151 e. The number of hydrogen-bond donors (Lipinski definition) is 1. The third kappa shape index (κ3) is 2.73. The van der Waals surface area contributed by atoms with Crippen molar-refractivity contribution in [1.82, 2.24) is 14.4 Å². The molecule has 0 saturated heterocycles. The normalized spacial score (nSPS) is 11.0. The molecule has 3 heterocycles. The Kier molecular flexibility index (Phi) is 3.83. The van der Waals surface area contributed by atoms with Crippen LogP contribution in [-0.2, 0) is 13.0 Å². The average Bonchev–Trinajstić information content (AvgIpc) is 2.88. The predicted octanol–water partition coefficient (Wildman–Crippen LogP) is 1.87. The molecule has 0 radical (unpaired) electrons. The molecule has 2 N–H and O–H groups in total. The summed E-state index contributed by atoms with van der Waals surface area (Å²) in [5.41, 5.74) is 9.03. The van der Waals surface area contributed by atoms with E-state index in [4.69, 9.17) is 10.7 Å². The molecule has 3 aromatic heterocycles. The molecule has 0 aliphatic heterocycles. The number of anilines is 1. The van der Waals surface area contributed by atoms with Gasteiger partial charge in [-0.2, -0.15) is 0 Å². The van der Waals surface area contributed by atoms with Crippen LogP contribution in [0.2, 0.25) is 0 Å². The summed E-state index contributed by atoms with van der Waals surface area (Å²) < 4.78 is 2.11. The molecule has 0 spiro atoms. The number of rotatable bonds is 5. The number of fused-ring (bicyclic) bond motifs is 1. The molecule has 5 heteroatoms. The number of nitrogens with zero attached hydrogens (tertiary/aromatic N) is 4. The van der Waals surface area contributed by atoms with Crippen molar-refractivity contribution in [1.29, 1.82) is 0 Å². The monoisotopic (exact) mass is 281 g/mol. The van der Waals surface area contributed by atoms with Crippen molar-refractivity contribution in [3.8, 4) is 0 Å². The van der Waals surface area contributed by atoms with Crippen molar-refractivity contribution < 1.29 is 0 Å². The molecule has 0 unspecified atom stereocenters. The van der Waals surface area contributed by atoms with Gasteiger partial charge in [0.15, 0.2) is 5.82 Å². The summed E-state index contributed by atoms with van der Waals surface area (Å²) >= 11 is 0. The molecular formula is C16H19N5. The first-order valence-corrected chi connectivity index (χ1v) is 7.05. The second kappa shape index (κ2) is 5.93. The Bertz CT molecular complexity index is 720. The highest BCUT2D eigenvalue weighted by Gasteiger charge is 2.15. The van der Waals surface area contributed by atoms with Crippen molar-refractivity contribution in [2.75, 3.05) is 18.5 Å². The molecule has 108 valence electrons. The van der Waals surface area contributed by atoms with Gasteiger partial charge in [-0.25, -0.2) is 4.98 Å². The highest BCUT2D eigenvalue weighted by Crippen LogP contribution is 2.22. The Morgan fingerprint density at radius 3 is 2.90 bits per heavy atom. The lowest BCUT2D eigenvalue weighted by Crippen LogP contribution is -2.19. The second-order valence-corrected chi connectivity index (χ2v) is 5.07. The molecule has 0 atom stereocenters. The molecule has 0 aromatic carbocycles. The van der Waals surface area contributed by atoms with Crippen LogP contribution in [0.4, 0.5) is 5.82 Å². The van der Waals surface area contributed by atoms with Crippen LogP contribution in [0, 0.1) is 0 Å². The lowest BCUT2D eigenvalue weighted by Gasteiger charge is -2.18. The van der Waals surface area contributed by atoms with Crippen LogP contribution in [-0.4, -0.2) is 28.0 Å². The first-order valence-electron chi connectivity index (χ1n) is 7.05. The van der Waals surface area contributed by atoms with E-state index in [0.29, 0.717) is 6.54 Å². The maximum atomic E-state index is 5.76. The zero-order valence-electron chi connectivity index (χ0n) is 12.1. The van der Waals surface area contributed by atoms with E-state index in [1.807, 2.05) is 36.7 Å². The minimum Gasteiger partial charge on any atom is -0.354 e. The van der Waals surface area contributed by atoms with Gasteiger partial charge in [-0.15, -0.1) is 0 Å². The Hall–Kier alpha value is -2.40. The summed E-state index contributed by atoms with van der Waals surface area (Å²) in [4.78, 5) is 11.0. The van der Waals surface area contributed by atoms with Crippen LogP contribution in [0.15, 0.2) is 48.9 Å². The lowest BCUT2D eigenvalue weighted by atomic mass is 10.2. The van der Waals surface area contributed by atoms with Gasteiger partial charge in [-0.3, -0.25) is 4.98 Å². The van der Waals surface area contributed by atoms with Crippen molar-refractivity contribution in [3.63, 3.8) is 0 Å². The van der Waals surface area contributed by atoms with Gasteiger partial charge in [0.2, 0.25) is 0 Å². The summed E-state index contributed by atoms with van der Waals surface area (Å²) in [6.07, 6.45) is 6.51. The van der Waals surface area contributed by atoms with Crippen LogP contribution < -0.4 is 10.6 Å². The van der Waals surface area contributed by atoms with Crippen LogP contribution in [0.5, 0.6) is 0 Å². The largest absolute Gasteiger partial charge is 0.354 e. The summed E-state index contributed by atoms with van der Waals surface area (Å²) in [5, 5.41) is 0. The lowest BCUT2D eigenvalue weighted by molar-refractivity contribution is 0.854. The van der Waals surface area contributed by atoms with E-state index in [0.717, 1.165) is 35.7 Å². The van der Waals surface area contributed by atoms with Crippen LogP contribution in [0.25, 0.3) is 5.65 Å². The van der Waals surface area contributed by atoms with E-state index < -0.39 is 0 Å². The molecule has 3 rings (SSSR count). The van der Waals surface area contributed by atoms with Gasteiger partial charge in [0, 0.05) is 38.6 Å². The third-order valence-corrected chi connectivity index (χ3v) is 3.49. The molecule has 21 heavy (non-hydrogen) atoms. The zero-order valence-corrected chi connectivity index (χ0v) is 12.1. The standard InChI is InChI=1S/C16H19N5/c1-20(12-13-5-4-9-18-11-13)16-14(7-8-17)21-10-3-2-6-15(21)19-16/h2-6,9-11H,7-8,12,17H2,1H3. The first kappa shape index (κ1) is 13.6. The van der Waals surface area contributed by atoms with E-state index >= 15 is 0 Å². The van der Waals surface area contributed by atoms with Gasteiger partial charge in [0.1, 0.15) is 5.65 Å². The Morgan fingerprint density at radius 2 is 2.14 bits per heavy atom. The van der Waals surface area contributed by atoms with Gasteiger partial charge in [-0.1, -0.05) is 12.1 Å². The fourth-order valence-electron chi connectivity index (χ4n) is 2.55. The minimum atomic E-state index is 0.608. The highest BCUT2D eigenvalue weighted by atomic mass is 15.2. The molecule has 0 aliphatic rings. The zero-order chi connectivity index (χ0) is 14.7. The SMILES string of the molecule is CN(Cc1cccnc1)c1nc2ccccn2c1CCN. The number of imidazole rings is 1. The molecule has 0 saturated carbocycles. The molecule has 5 nitrogen and oxygen atoms in total. The topological polar surface area (TPSA) is 59.5 Å². The van der Waals surface area contributed by atoms with Crippen molar-refractivity contribution in [3.05, 3.63) is 60.2 Å². The molecule has 0 fully saturated rings. The van der Waals surface area contributed by atoms with Gasteiger partial charge in [-0.05, 0) is 30.3 Å². The van der Waals surface area contributed by atoms with E-state index in [2.05, 4.69) is 27.4 Å². The van der Waals surface area contributed by atoms with Gasteiger partial charge < -0.3 is 15.0 Å². The maximum absolute atomic E-state index is 5.76. The van der Waals surface area contributed by atoms with Crippen LogP contribution in [0.1, 0.15) is 11.3 Å². The third-order valence-electron chi connectivity index (χ3n) is 3.49. The van der Waals surface area contributed by atoms with E-state index in [1.54, 1.807) is 6.20 Å². The first-order chi connectivity index (χ1) is 10.3. The fraction of sp³-hybridized carbons (Fsp3) is 0.250. The average molecular weight is 281 g/mol. The Labute approximate surface area is 124 Å². The van der Waals surface area contributed by atoms with Crippen molar-refractivity contribution in [2.24, 2.45) is 5.73 Å². The van der Waals surface area contributed by atoms with E-state index in [-0.39, 0.29) is 0 Å². The van der Waals surface area contributed by atoms with Gasteiger partial charge in [0.25, 0.3) is 0 Å². The number of aromatic nitrogens is 3. The Balaban J connectivity index is 1.96. The van der Waals surface area contributed by atoms with E-state index in [1.165, 1.54) is 0 Å². The Morgan fingerprint density at radius 1 is 1.24 bits per heavy atom. The minimum absolute atomic E-state index is 0.608. The van der Waals surface area contributed by atoms with Gasteiger partial charge in [0.05, 0.1) is 5.69 Å². The van der Waals surface area contributed by atoms with Crippen molar-refractivity contribution >= 4 is 11.5 Å². The molecule has 0 bridgehead atoms. The highest BCUT2D eigenvalue weighted by molar-refractivity contribution is 5.55. The predicted molar refractivity (Wildman–Crippen MR) is 84.3 cm³/mol. The van der Waals surface area contributed by atoms with Gasteiger partial charge >= 0.3 is 0 Å². The number of pyridine rings is 2. The quantitative estimate of drug-likeness (QED) is 0.775. The van der Waals surface area contributed by atoms with Crippen LogP contribution in [0.3, 0.4) is 0 Å². The second-order valence-electron chi connectivity index (χ2n) is 5.07. The van der Waals surface area contributed by atoms with Crippen LogP contribution >= 0.6 is 0 Å². The molecule has 0 aliphatic carbocycles. The molecule has 0 amide bonds. The molecule has 3 aromatic rings.